The molecule has 1 aliphatic rings. The van der Waals surface area contributed by atoms with Crippen molar-refractivity contribution in [1.29, 1.82) is 0 Å². The quantitative estimate of drug-likeness (QED) is 0.271. The molecule has 0 fully saturated rings. The highest BCUT2D eigenvalue weighted by molar-refractivity contribution is 9.28. The van der Waals surface area contributed by atoms with Crippen LogP contribution < -0.4 is 5.32 Å². The third-order valence-electron chi connectivity index (χ3n) is 3.52. The van der Waals surface area contributed by atoms with E-state index in [1.165, 1.54) is 6.92 Å². The van der Waals surface area contributed by atoms with E-state index in [1.807, 2.05) is 6.92 Å². The lowest BCUT2D eigenvalue weighted by atomic mass is 10.0. The Bertz CT molecular complexity index is 582. The predicted molar refractivity (Wildman–Crippen MR) is 106 cm³/mol. The van der Waals surface area contributed by atoms with Crippen LogP contribution in [0.25, 0.3) is 0 Å². The van der Waals surface area contributed by atoms with Gasteiger partial charge in [-0.3, -0.25) is 4.79 Å². The van der Waals surface area contributed by atoms with Gasteiger partial charge in [-0.05, 0) is 58.2 Å². The van der Waals surface area contributed by atoms with Crippen molar-refractivity contribution in [2.24, 2.45) is 0 Å². The highest BCUT2D eigenvalue weighted by atomic mass is 79.9. The van der Waals surface area contributed by atoms with Crippen molar-refractivity contribution in [3.8, 4) is 0 Å². The summed E-state index contributed by atoms with van der Waals surface area (Å²) in [5.74, 6) is -0.500. The molecule has 0 aromatic carbocycles. The Morgan fingerprint density at radius 1 is 1.48 bits per heavy atom. The van der Waals surface area contributed by atoms with E-state index in [0.29, 0.717) is 21.1 Å². The maximum atomic E-state index is 12.1. The van der Waals surface area contributed by atoms with Gasteiger partial charge in [0.05, 0.1) is 17.7 Å². The molecular formula is C16H23Br2NO5S. The summed E-state index contributed by atoms with van der Waals surface area (Å²) in [6, 6.07) is -0.761. The number of amides is 1. The molecule has 0 aromatic heterocycles. The number of halogens is 2. The Labute approximate surface area is 170 Å². The van der Waals surface area contributed by atoms with Crippen LogP contribution in [0.15, 0.2) is 20.8 Å². The minimum atomic E-state index is -1.35. The van der Waals surface area contributed by atoms with Gasteiger partial charge >= 0.3 is 5.97 Å². The molecule has 2 N–H and O–H groups in total. The van der Waals surface area contributed by atoms with E-state index >= 15 is 0 Å². The molecule has 0 bridgehead atoms. The third-order valence-corrected chi connectivity index (χ3v) is 4.58. The molecule has 1 amide bonds. The van der Waals surface area contributed by atoms with Crippen molar-refractivity contribution in [3.05, 3.63) is 20.8 Å². The van der Waals surface area contributed by atoms with Crippen molar-refractivity contribution < 1.29 is 24.2 Å². The fourth-order valence-corrected chi connectivity index (χ4v) is 2.91. The fourth-order valence-electron chi connectivity index (χ4n) is 2.33. The molecule has 0 aliphatic carbocycles. The number of hydrogen-bond donors (Lipinski definition) is 3. The minimum Gasteiger partial charge on any atom is -0.421 e. The second-order valence-corrected chi connectivity index (χ2v) is 10.1. The van der Waals surface area contributed by atoms with Crippen molar-refractivity contribution >= 4 is 56.4 Å². The zero-order valence-corrected chi connectivity index (χ0v) is 18.6. The van der Waals surface area contributed by atoms with E-state index in [2.05, 4.69) is 49.8 Å². The van der Waals surface area contributed by atoms with Crippen molar-refractivity contribution in [3.63, 3.8) is 0 Å². The second kappa shape index (κ2) is 9.55. The lowest BCUT2D eigenvalue weighted by molar-refractivity contribution is -0.158. The molecule has 0 radical (unpaired) electrons. The van der Waals surface area contributed by atoms with Crippen LogP contribution in [-0.4, -0.2) is 40.2 Å². The standard InChI is InChI=1S/C16H23Br2NO5S/c1-5-6-10(9-7-11(13(17)18)24-14(9)21)23-15(22)12(16(3,4)25)19-8(2)20/h7,10,12,15,22,25H,5-6H2,1-4H3,(H,19,20). The maximum Gasteiger partial charge on any atom is 0.342 e. The van der Waals surface area contributed by atoms with Crippen LogP contribution in [0, 0.1) is 0 Å². The molecule has 9 heteroatoms. The molecule has 142 valence electrons. The van der Waals surface area contributed by atoms with Gasteiger partial charge in [-0.25, -0.2) is 4.79 Å². The third kappa shape index (κ3) is 6.71. The van der Waals surface area contributed by atoms with E-state index in [1.54, 1.807) is 19.9 Å². The molecule has 0 saturated heterocycles. The fraction of sp³-hybridized carbons (Fsp3) is 0.625. The summed E-state index contributed by atoms with van der Waals surface area (Å²) in [5, 5.41) is 13.2. The molecule has 1 aliphatic heterocycles. The SMILES string of the molecule is CCCC(OC(O)C(NC(C)=O)C(C)(C)S)C1=CC(=C(Br)Br)OC1=O. The summed E-state index contributed by atoms with van der Waals surface area (Å²) in [4.78, 5) is 23.5. The van der Waals surface area contributed by atoms with Crippen LogP contribution in [0.2, 0.25) is 0 Å². The summed E-state index contributed by atoms with van der Waals surface area (Å²) >= 11 is 10.8. The van der Waals surface area contributed by atoms with Crippen LogP contribution in [0.4, 0.5) is 0 Å². The minimum absolute atomic E-state index is 0.310. The first-order valence-electron chi connectivity index (χ1n) is 7.79. The van der Waals surface area contributed by atoms with Gasteiger partial charge in [-0.15, -0.1) is 0 Å². The van der Waals surface area contributed by atoms with Crippen LogP contribution in [0.5, 0.6) is 0 Å². The summed E-state index contributed by atoms with van der Waals surface area (Å²) in [5.41, 5.74) is 0.311. The molecular weight excluding hydrogens is 478 g/mol. The van der Waals surface area contributed by atoms with Crippen molar-refractivity contribution in [2.45, 2.75) is 63.7 Å². The number of allylic oxidation sites excluding steroid dienone is 1. The molecule has 0 saturated carbocycles. The average Bonchev–Trinajstić information content (AvgIpc) is 2.85. The number of thiol groups is 1. The van der Waals surface area contributed by atoms with E-state index < -0.39 is 29.2 Å². The molecule has 25 heavy (non-hydrogen) atoms. The normalized spacial score (nSPS) is 18.3. The number of nitrogens with one attached hydrogen (secondary N) is 1. The van der Waals surface area contributed by atoms with E-state index in [4.69, 9.17) is 9.47 Å². The number of aliphatic hydroxyl groups is 1. The van der Waals surface area contributed by atoms with E-state index in [0.717, 1.165) is 6.42 Å². The maximum absolute atomic E-state index is 12.1. The Morgan fingerprint density at radius 2 is 2.08 bits per heavy atom. The predicted octanol–water partition coefficient (Wildman–Crippen LogP) is 3.15. The first-order chi connectivity index (χ1) is 11.5. The number of esters is 1. The van der Waals surface area contributed by atoms with Gasteiger partial charge in [0.1, 0.15) is 3.39 Å². The van der Waals surface area contributed by atoms with E-state index in [9.17, 15) is 14.7 Å². The van der Waals surface area contributed by atoms with Gasteiger partial charge < -0.3 is 19.9 Å². The van der Waals surface area contributed by atoms with Crippen LogP contribution in [-0.2, 0) is 19.1 Å². The molecule has 6 nitrogen and oxygen atoms in total. The Morgan fingerprint density at radius 3 is 2.48 bits per heavy atom. The summed E-state index contributed by atoms with van der Waals surface area (Å²) in [7, 11) is 0. The zero-order valence-electron chi connectivity index (χ0n) is 14.5. The van der Waals surface area contributed by atoms with Crippen molar-refractivity contribution in [1.82, 2.24) is 5.32 Å². The van der Waals surface area contributed by atoms with Crippen molar-refractivity contribution in [2.75, 3.05) is 0 Å². The van der Waals surface area contributed by atoms with Crippen LogP contribution >= 0.6 is 44.5 Å². The molecule has 1 heterocycles. The highest BCUT2D eigenvalue weighted by Gasteiger charge is 2.37. The Balaban J connectivity index is 3.04. The lowest BCUT2D eigenvalue weighted by Crippen LogP contribution is -2.54. The van der Waals surface area contributed by atoms with Gasteiger partial charge in [0.25, 0.3) is 0 Å². The highest BCUT2D eigenvalue weighted by Crippen LogP contribution is 2.31. The number of hydrogen-bond acceptors (Lipinski definition) is 6. The zero-order chi connectivity index (χ0) is 19.4. The smallest absolute Gasteiger partial charge is 0.342 e. The van der Waals surface area contributed by atoms with E-state index in [-0.39, 0.29) is 5.91 Å². The topological polar surface area (TPSA) is 84.9 Å². The summed E-state index contributed by atoms with van der Waals surface area (Å²) < 4.78 is 10.6. The van der Waals surface area contributed by atoms with Gasteiger partial charge in [-0.1, -0.05) is 13.3 Å². The Kier molecular flexibility index (Phi) is 8.66. The number of carbonyl (C=O) groups is 2. The molecule has 1 rings (SSSR count). The molecule has 3 unspecified atom stereocenters. The first-order valence-corrected chi connectivity index (χ1v) is 9.82. The van der Waals surface area contributed by atoms with Gasteiger partial charge in [0.15, 0.2) is 12.0 Å². The monoisotopic (exact) mass is 499 g/mol. The molecule has 0 aromatic rings. The van der Waals surface area contributed by atoms with Gasteiger partial charge in [0, 0.05) is 11.7 Å². The molecule has 0 spiro atoms. The molecule has 3 atom stereocenters. The Hall–Kier alpha value is -0.350. The number of rotatable bonds is 8. The van der Waals surface area contributed by atoms with Gasteiger partial charge in [-0.2, -0.15) is 12.6 Å². The summed E-state index contributed by atoms with van der Waals surface area (Å²) in [6.07, 6.45) is 0.780. The largest absolute Gasteiger partial charge is 0.421 e. The lowest BCUT2D eigenvalue weighted by Gasteiger charge is -2.35. The number of cyclic esters (lactones) is 1. The number of ether oxygens (including phenoxy) is 2. The van der Waals surface area contributed by atoms with Crippen LogP contribution in [0.3, 0.4) is 0 Å². The number of carbonyl (C=O) groups excluding carboxylic acids is 2. The first kappa shape index (κ1) is 22.7. The number of aliphatic hydroxyl groups excluding tert-OH is 1. The van der Waals surface area contributed by atoms with Gasteiger partial charge in [0.2, 0.25) is 5.91 Å². The van der Waals surface area contributed by atoms with Crippen LogP contribution in [0.1, 0.15) is 40.5 Å². The second-order valence-electron chi connectivity index (χ2n) is 6.25. The average molecular weight is 501 g/mol. The summed E-state index contributed by atoms with van der Waals surface area (Å²) in [6.45, 7) is 6.80.